The Balaban J connectivity index is 1.84. The van der Waals surface area contributed by atoms with Gasteiger partial charge in [-0.25, -0.2) is 4.39 Å². The van der Waals surface area contributed by atoms with Crippen LogP contribution < -0.4 is 10.2 Å². The average molecular weight is 264 g/mol. The van der Waals surface area contributed by atoms with Gasteiger partial charge >= 0.3 is 0 Å². The molecule has 0 unspecified atom stereocenters. The van der Waals surface area contributed by atoms with Gasteiger partial charge in [0.15, 0.2) is 0 Å². The fraction of sp³-hybridized carbons (Fsp3) is 0.533. The van der Waals surface area contributed by atoms with Gasteiger partial charge in [-0.15, -0.1) is 0 Å². The van der Waals surface area contributed by atoms with E-state index < -0.39 is 0 Å². The van der Waals surface area contributed by atoms with Crippen LogP contribution >= 0.6 is 0 Å². The van der Waals surface area contributed by atoms with Crippen LogP contribution in [-0.4, -0.2) is 25.5 Å². The third-order valence-corrected chi connectivity index (χ3v) is 3.60. The highest BCUT2D eigenvalue weighted by molar-refractivity contribution is 5.81. The summed E-state index contributed by atoms with van der Waals surface area (Å²) in [6.07, 6.45) is 5.83. The fourth-order valence-electron chi connectivity index (χ4n) is 2.54. The fourth-order valence-corrected chi connectivity index (χ4v) is 2.54. The first-order valence-electron chi connectivity index (χ1n) is 6.91. The predicted octanol–water partition coefficient (Wildman–Crippen LogP) is 2.71. The SMILES string of the molecule is CN(CC(=O)NC1CCCCC1)c1cccc(F)c1. The molecule has 1 aromatic rings. The third-order valence-electron chi connectivity index (χ3n) is 3.60. The highest BCUT2D eigenvalue weighted by Gasteiger charge is 2.16. The lowest BCUT2D eigenvalue weighted by Crippen LogP contribution is -2.41. The van der Waals surface area contributed by atoms with E-state index in [1.165, 1.54) is 31.4 Å². The number of rotatable bonds is 4. The Morgan fingerprint density at radius 3 is 2.79 bits per heavy atom. The predicted molar refractivity (Wildman–Crippen MR) is 74.7 cm³/mol. The molecule has 0 radical (unpaired) electrons. The van der Waals surface area contributed by atoms with Crippen LogP contribution in [0.3, 0.4) is 0 Å². The number of amides is 1. The van der Waals surface area contributed by atoms with E-state index in [1.54, 1.807) is 24.1 Å². The van der Waals surface area contributed by atoms with Crippen molar-refractivity contribution in [2.24, 2.45) is 0 Å². The van der Waals surface area contributed by atoms with E-state index in [2.05, 4.69) is 5.32 Å². The molecule has 1 aromatic carbocycles. The molecule has 1 fully saturated rings. The van der Waals surface area contributed by atoms with Crippen LogP contribution in [0.2, 0.25) is 0 Å². The Kier molecular flexibility index (Phi) is 4.77. The molecule has 1 aliphatic carbocycles. The molecule has 19 heavy (non-hydrogen) atoms. The number of hydrogen-bond acceptors (Lipinski definition) is 2. The van der Waals surface area contributed by atoms with E-state index in [0.717, 1.165) is 18.5 Å². The lowest BCUT2D eigenvalue weighted by molar-refractivity contribution is -0.120. The quantitative estimate of drug-likeness (QED) is 0.907. The second-order valence-corrected chi connectivity index (χ2v) is 5.24. The number of nitrogens with one attached hydrogen (secondary N) is 1. The van der Waals surface area contributed by atoms with E-state index in [4.69, 9.17) is 0 Å². The molecule has 2 rings (SSSR count). The van der Waals surface area contributed by atoms with Gasteiger partial charge in [-0.2, -0.15) is 0 Å². The van der Waals surface area contributed by atoms with Gasteiger partial charge in [0.05, 0.1) is 6.54 Å². The number of halogens is 1. The number of likely N-dealkylation sites (N-methyl/N-ethyl adjacent to an activating group) is 1. The molecule has 0 aliphatic heterocycles. The zero-order valence-electron chi connectivity index (χ0n) is 11.4. The number of anilines is 1. The number of hydrogen-bond donors (Lipinski definition) is 1. The molecule has 0 spiro atoms. The molecule has 0 bridgehead atoms. The summed E-state index contributed by atoms with van der Waals surface area (Å²) in [7, 11) is 1.80. The first-order chi connectivity index (χ1) is 9.15. The van der Waals surface area contributed by atoms with E-state index in [0.29, 0.717) is 6.04 Å². The zero-order chi connectivity index (χ0) is 13.7. The van der Waals surface area contributed by atoms with Crippen LogP contribution in [0.5, 0.6) is 0 Å². The lowest BCUT2D eigenvalue weighted by Gasteiger charge is -2.25. The van der Waals surface area contributed by atoms with Gasteiger partial charge in [-0.3, -0.25) is 4.79 Å². The van der Waals surface area contributed by atoms with E-state index in [1.807, 2.05) is 0 Å². The Morgan fingerprint density at radius 1 is 1.37 bits per heavy atom. The van der Waals surface area contributed by atoms with Crippen molar-refractivity contribution in [1.82, 2.24) is 5.32 Å². The molecule has 0 atom stereocenters. The minimum atomic E-state index is -0.281. The molecular formula is C15H21FN2O. The number of benzene rings is 1. The van der Waals surface area contributed by atoms with Crippen LogP contribution in [0.4, 0.5) is 10.1 Å². The molecule has 1 N–H and O–H groups in total. The minimum Gasteiger partial charge on any atom is -0.365 e. The summed E-state index contributed by atoms with van der Waals surface area (Å²) in [5, 5.41) is 3.06. The van der Waals surface area contributed by atoms with Crippen molar-refractivity contribution in [2.75, 3.05) is 18.5 Å². The zero-order valence-corrected chi connectivity index (χ0v) is 11.4. The standard InChI is InChI=1S/C15H21FN2O/c1-18(14-9-5-6-12(16)10-14)11-15(19)17-13-7-3-2-4-8-13/h5-6,9-10,13H,2-4,7-8,11H2,1H3,(H,17,19). The van der Waals surface area contributed by atoms with Gasteiger partial charge in [-0.05, 0) is 31.0 Å². The molecule has 1 aliphatic rings. The van der Waals surface area contributed by atoms with Gasteiger partial charge in [0.2, 0.25) is 5.91 Å². The minimum absolute atomic E-state index is 0.0126. The smallest absolute Gasteiger partial charge is 0.239 e. The van der Waals surface area contributed by atoms with E-state index in [-0.39, 0.29) is 18.3 Å². The Labute approximate surface area is 113 Å². The maximum Gasteiger partial charge on any atom is 0.239 e. The molecule has 3 nitrogen and oxygen atoms in total. The van der Waals surface area contributed by atoms with Crippen molar-refractivity contribution in [3.8, 4) is 0 Å². The van der Waals surface area contributed by atoms with Crippen LogP contribution in [0.1, 0.15) is 32.1 Å². The maximum absolute atomic E-state index is 13.1. The largest absolute Gasteiger partial charge is 0.365 e. The molecular weight excluding hydrogens is 243 g/mol. The molecule has 1 amide bonds. The van der Waals surface area contributed by atoms with Gasteiger partial charge in [0.1, 0.15) is 5.82 Å². The molecule has 0 saturated heterocycles. The molecule has 0 aromatic heterocycles. The van der Waals surface area contributed by atoms with Gasteiger partial charge < -0.3 is 10.2 Å². The first-order valence-corrected chi connectivity index (χ1v) is 6.91. The molecule has 1 saturated carbocycles. The second-order valence-electron chi connectivity index (χ2n) is 5.24. The first kappa shape index (κ1) is 13.8. The van der Waals surface area contributed by atoms with E-state index >= 15 is 0 Å². The van der Waals surface area contributed by atoms with Crippen LogP contribution in [-0.2, 0) is 4.79 Å². The summed E-state index contributed by atoms with van der Waals surface area (Å²) in [4.78, 5) is 13.7. The third kappa shape index (κ3) is 4.23. The van der Waals surface area contributed by atoms with Crippen molar-refractivity contribution in [1.29, 1.82) is 0 Å². The summed E-state index contributed by atoms with van der Waals surface area (Å²) in [6, 6.07) is 6.62. The Hall–Kier alpha value is -1.58. The van der Waals surface area contributed by atoms with Gasteiger partial charge in [-0.1, -0.05) is 25.3 Å². The topological polar surface area (TPSA) is 32.3 Å². The van der Waals surface area contributed by atoms with Crippen molar-refractivity contribution in [3.05, 3.63) is 30.1 Å². The summed E-state index contributed by atoms with van der Waals surface area (Å²) >= 11 is 0. The van der Waals surface area contributed by atoms with Gasteiger partial charge in [0.25, 0.3) is 0 Å². The maximum atomic E-state index is 13.1. The lowest BCUT2D eigenvalue weighted by atomic mass is 9.95. The number of carbonyl (C=O) groups excluding carboxylic acids is 1. The highest BCUT2D eigenvalue weighted by Crippen LogP contribution is 2.17. The van der Waals surface area contributed by atoms with Crippen LogP contribution in [0.25, 0.3) is 0 Å². The molecule has 104 valence electrons. The van der Waals surface area contributed by atoms with Crippen molar-refractivity contribution in [2.45, 2.75) is 38.1 Å². The molecule has 0 heterocycles. The Morgan fingerprint density at radius 2 is 2.11 bits per heavy atom. The average Bonchev–Trinajstić information content (AvgIpc) is 2.39. The number of nitrogens with zero attached hydrogens (tertiary/aromatic N) is 1. The van der Waals surface area contributed by atoms with Gasteiger partial charge in [0, 0.05) is 18.8 Å². The summed E-state index contributed by atoms with van der Waals surface area (Å²) in [5.41, 5.74) is 0.721. The summed E-state index contributed by atoms with van der Waals surface area (Å²) in [6.45, 7) is 0.264. The normalized spacial score (nSPS) is 16.1. The monoisotopic (exact) mass is 264 g/mol. The molecule has 4 heteroatoms. The number of carbonyl (C=O) groups is 1. The summed E-state index contributed by atoms with van der Waals surface area (Å²) < 4.78 is 13.1. The van der Waals surface area contributed by atoms with Crippen molar-refractivity contribution >= 4 is 11.6 Å². The van der Waals surface area contributed by atoms with Crippen LogP contribution in [0, 0.1) is 5.82 Å². The Bertz CT molecular complexity index is 430. The highest BCUT2D eigenvalue weighted by atomic mass is 19.1. The van der Waals surface area contributed by atoms with E-state index in [9.17, 15) is 9.18 Å². The van der Waals surface area contributed by atoms with Crippen molar-refractivity contribution in [3.63, 3.8) is 0 Å². The van der Waals surface area contributed by atoms with Crippen molar-refractivity contribution < 1.29 is 9.18 Å². The van der Waals surface area contributed by atoms with Crippen LogP contribution in [0.15, 0.2) is 24.3 Å². The second kappa shape index (κ2) is 6.55. The summed E-state index contributed by atoms with van der Waals surface area (Å²) in [5.74, 6) is -0.268.